The summed E-state index contributed by atoms with van der Waals surface area (Å²) >= 11 is 0. The molecule has 0 aliphatic carbocycles. The Labute approximate surface area is 197 Å². The third-order valence-electron chi connectivity index (χ3n) is 5.22. The van der Waals surface area contributed by atoms with Crippen LogP contribution >= 0.6 is 0 Å². The number of fused-ring (bicyclic) bond motifs is 2. The summed E-state index contributed by atoms with van der Waals surface area (Å²) in [5.41, 5.74) is -5.95. The van der Waals surface area contributed by atoms with Crippen molar-refractivity contribution in [3.8, 4) is 28.7 Å². The molecule has 1 amide bonds. The van der Waals surface area contributed by atoms with E-state index in [0.717, 1.165) is 24.1 Å². The van der Waals surface area contributed by atoms with Gasteiger partial charge in [0.2, 0.25) is 6.79 Å². The Balaban J connectivity index is 1.86. The summed E-state index contributed by atoms with van der Waals surface area (Å²) < 4.78 is 87.8. The van der Waals surface area contributed by atoms with E-state index in [1.807, 2.05) is 0 Å². The summed E-state index contributed by atoms with van der Waals surface area (Å²) in [6.45, 7) is 0.0329. The third-order valence-corrected chi connectivity index (χ3v) is 6.19. The van der Waals surface area contributed by atoms with Gasteiger partial charge in [-0.3, -0.25) is 4.79 Å². The largest absolute Gasteiger partial charge is 0.534 e. The second-order valence-electron chi connectivity index (χ2n) is 7.23. The highest BCUT2D eigenvalue weighted by atomic mass is 32.2. The number of hydrogen-bond acceptors (Lipinski definition) is 8. The molecule has 3 aromatic rings. The zero-order valence-electron chi connectivity index (χ0n) is 18.5. The standard InChI is InChI=1S/C22H18F3NO8S/c1-26(14-6-4-5-12-9-17-18(10-13(12)14)33-11-32-17)21(27)19-15(34-35(28,29)22(23,24)25)7-8-16(30-2)20(19)31-3/h4-10H,11H2,1-3H3. The van der Waals surface area contributed by atoms with Crippen LogP contribution in [0.25, 0.3) is 10.8 Å². The summed E-state index contributed by atoms with van der Waals surface area (Å²) in [4.78, 5) is 14.7. The van der Waals surface area contributed by atoms with Crippen molar-refractivity contribution in [1.29, 1.82) is 0 Å². The minimum Gasteiger partial charge on any atom is -0.493 e. The van der Waals surface area contributed by atoms with Gasteiger partial charge in [0, 0.05) is 12.4 Å². The smallest absolute Gasteiger partial charge is 0.493 e. The molecule has 13 heteroatoms. The van der Waals surface area contributed by atoms with Crippen LogP contribution < -0.4 is 28.0 Å². The topological polar surface area (TPSA) is 101 Å². The van der Waals surface area contributed by atoms with Gasteiger partial charge in [0.1, 0.15) is 5.56 Å². The first kappa shape index (κ1) is 24.3. The molecular formula is C22H18F3NO8S. The minimum absolute atomic E-state index is 0.0257. The van der Waals surface area contributed by atoms with Crippen LogP contribution in [0.4, 0.5) is 18.9 Å². The molecule has 4 rings (SSSR count). The number of nitrogens with zero attached hydrogens (tertiary/aromatic N) is 1. The van der Waals surface area contributed by atoms with Crippen LogP contribution in [0.5, 0.6) is 28.7 Å². The number of carbonyl (C=O) groups excluding carboxylic acids is 1. The second kappa shape index (κ2) is 8.73. The molecule has 0 saturated carbocycles. The number of methoxy groups -OCH3 is 2. The molecule has 1 heterocycles. The Morgan fingerprint density at radius 2 is 1.66 bits per heavy atom. The lowest BCUT2D eigenvalue weighted by atomic mass is 10.1. The van der Waals surface area contributed by atoms with Gasteiger partial charge in [-0.1, -0.05) is 12.1 Å². The maximum absolute atomic E-state index is 13.6. The van der Waals surface area contributed by atoms with Crippen molar-refractivity contribution in [3.63, 3.8) is 0 Å². The first-order valence-corrected chi connectivity index (χ1v) is 11.3. The predicted molar refractivity (Wildman–Crippen MR) is 118 cm³/mol. The zero-order valence-corrected chi connectivity index (χ0v) is 19.3. The van der Waals surface area contributed by atoms with Crippen molar-refractivity contribution in [2.24, 2.45) is 0 Å². The number of benzene rings is 3. The van der Waals surface area contributed by atoms with Crippen LogP contribution in [-0.4, -0.2) is 47.9 Å². The van der Waals surface area contributed by atoms with Crippen molar-refractivity contribution < 1.29 is 49.5 Å². The highest BCUT2D eigenvalue weighted by Crippen LogP contribution is 2.43. The lowest BCUT2D eigenvalue weighted by Gasteiger charge is -2.23. The molecule has 0 aromatic heterocycles. The average Bonchev–Trinajstić information content (AvgIpc) is 3.27. The molecule has 1 aliphatic rings. The SMILES string of the molecule is COc1ccc(OS(=O)(=O)C(F)(F)F)c(C(=O)N(C)c2cccc3cc4c(cc23)OCO4)c1OC. The number of hydrogen-bond donors (Lipinski definition) is 0. The lowest BCUT2D eigenvalue weighted by Crippen LogP contribution is -2.31. The molecule has 0 spiro atoms. The molecule has 0 fully saturated rings. The van der Waals surface area contributed by atoms with E-state index in [9.17, 15) is 26.4 Å². The second-order valence-corrected chi connectivity index (χ2v) is 8.76. The molecule has 0 saturated heterocycles. The van der Waals surface area contributed by atoms with Gasteiger partial charge in [-0.2, -0.15) is 21.6 Å². The van der Waals surface area contributed by atoms with Gasteiger partial charge in [0.15, 0.2) is 28.7 Å². The van der Waals surface area contributed by atoms with Crippen LogP contribution in [0.3, 0.4) is 0 Å². The first-order valence-electron chi connectivity index (χ1n) is 9.84. The third kappa shape index (κ3) is 4.22. The maximum Gasteiger partial charge on any atom is 0.534 e. The van der Waals surface area contributed by atoms with Gasteiger partial charge in [-0.05, 0) is 35.7 Å². The lowest BCUT2D eigenvalue weighted by molar-refractivity contribution is -0.0500. The number of ether oxygens (including phenoxy) is 4. The summed E-state index contributed by atoms with van der Waals surface area (Å²) in [5.74, 6) is -1.16. The fourth-order valence-corrected chi connectivity index (χ4v) is 4.04. The van der Waals surface area contributed by atoms with Crippen molar-refractivity contribution in [3.05, 3.63) is 48.0 Å². The normalized spacial score (nSPS) is 13.0. The molecule has 0 unspecified atom stereocenters. The van der Waals surface area contributed by atoms with Crippen LogP contribution in [0.2, 0.25) is 0 Å². The molecule has 186 valence electrons. The summed E-state index contributed by atoms with van der Waals surface area (Å²) in [7, 11) is -2.32. The molecule has 1 aliphatic heterocycles. The maximum atomic E-state index is 13.6. The molecule has 0 N–H and O–H groups in total. The van der Waals surface area contributed by atoms with Crippen molar-refractivity contribution >= 4 is 32.5 Å². The van der Waals surface area contributed by atoms with E-state index in [1.54, 1.807) is 30.3 Å². The van der Waals surface area contributed by atoms with Gasteiger partial charge in [0.25, 0.3) is 5.91 Å². The van der Waals surface area contributed by atoms with Gasteiger partial charge in [0.05, 0.1) is 19.9 Å². The Morgan fingerprint density at radius 3 is 2.29 bits per heavy atom. The van der Waals surface area contributed by atoms with E-state index >= 15 is 0 Å². The van der Waals surface area contributed by atoms with Gasteiger partial charge < -0.3 is 28.0 Å². The summed E-state index contributed by atoms with van der Waals surface area (Å²) in [6, 6.07) is 10.4. The first-order chi connectivity index (χ1) is 16.5. The summed E-state index contributed by atoms with van der Waals surface area (Å²) in [5, 5.41) is 1.26. The molecule has 0 bridgehead atoms. The molecule has 0 atom stereocenters. The number of alkyl halides is 3. The quantitative estimate of drug-likeness (QED) is 0.359. The Morgan fingerprint density at radius 1 is 1.00 bits per heavy atom. The minimum atomic E-state index is -6.08. The molecule has 3 aromatic carbocycles. The molecular weight excluding hydrogens is 495 g/mol. The van der Waals surface area contributed by atoms with Gasteiger partial charge >= 0.3 is 15.6 Å². The highest BCUT2D eigenvalue weighted by Gasteiger charge is 2.49. The molecule has 35 heavy (non-hydrogen) atoms. The van der Waals surface area contributed by atoms with E-state index in [0.29, 0.717) is 28.0 Å². The van der Waals surface area contributed by atoms with Crippen LogP contribution in [-0.2, 0) is 10.1 Å². The van der Waals surface area contributed by atoms with E-state index in [-0.39, 0.29) is 18.3 Å². The number of rotatable bonds is 6. The fraction of sp³-hybridized carbons (Fsp3) is 0.227. The van der Waals surface area contributed by atoms with Crippen LogP contribution in [0, 0.1) is 0 Å². The Kier molecular flexibility index (Phi) is 6.05. The Hall–Kier alpha value is -3.87. The number of anilines is 1. The molecule has 0 radical (unpaired) electrons. The molecule has 9 nitrogen and oxygen atoms in total. The average molecular weight is 513 g/mol. The fourth-order valence-electron chi connectivity index (χ4n) is 3.57. The van der Waals surface area contributed by atoms with Crippen molar-refractivity contribution in [2.75, 3.05) is 33.0 Å². The van der Waals surface area contributed by atoms with E-state index in [4.69, 9.17) is 18.9 Å². The van der Waals surface area contributed by atoms with Crippen molar-refractivity contribution in [2.45, 2.75) is 5.51 Å². The summed E-state index contributed by atoms with van der Waals surface area (Å²) in [6.07, 6.45) is 0. The van der Waals surface area contributed by atoms with Gasteiger partial charge in [-0.25, -0.2) is 0 Å². The van der Waals surface area contributed by atoms with Gasteiger partial charge in [-0.15, -0.1) is 0 Å². The zero-order chi connectivity index (χ0) is 25.5. The van der Waals surface area contributed by atoms with E-state index < -0.39 is 32.8 Å². The number of amides is 1. The number of carbonyl (C=O) groups is 1. The van der Waals surface area contributed by atoms with E-state index in [1.165, 1.54) is 14.2 Å². The Bertz CT molecular complexity index is 1420. The van der Waals surface area contributed by atoms with Crippen LogP contribution in [0.1, 0.15) is 10.4 Å². The van der Waals surface area contributed by atoms with Crippen molar-refractivity contribution in [1.82, 2.24) is 0 Å². The number of halogens is 3. The van der Waals surface area contributed by atoms with Crippen LogP contribution in [0.15, 0.2) is 42.5 Å². The predicted octanol–water partition coefficient (Wildman–Crippen LogP) is 4.09. The van der Waals surface area contributed by atoms with E-state index in [2.05, 4.69) is 4.18 Å². The highest BCUT2D eigenvalue weighted by molar-refractivity contribution is 7.88. The monoisotopic (exact) mass is 513 g/mol.